The van der Waals surface area contributed by atoms with E-state index in [0.717, 1.165) is 5.69 Å². The van der Waals surface area contributed by atoms with Crippen LogP contribution in [0, 0.1) is 0 Å². The predicted molar refractivity (Wildman–Crippen MR) is 77.3 cm³/mol. The first kappa shape index (κ1) is 15.9. The number of carbonyl (C=O) groups is 1. The molecule has 7 nitrogen and oxygen atoms in total. The van der Waals surface area contributed by atoms with Gasteiger partial charge < -0.3 is 21.9 Å². The third-order valence-corrected chi connectivity index (χ3v) is 2.74. The number of aliphatic carboxylic acids is 1. The molecule has 1 aromatic rings. The highest BCUT2D eigenvalue weighted by molar-refractivity contribution is 5.75. The summed E-state index contributed by atoms with van der Waals surface area (Å²) in [7, 11) is 0. The summed E-state index contributed by atoms with van der Waals surface area (Å²) in [6, 6.07) is 5.08. The number of guanidine groups is 1. The van der Waals surface area contributed by atoms with Crippen LogP contribution in [0.15, 0.2) is 29.4 Å². The van der Waals surface area contributed by atoms with Crippen molar-refractivity contribution in [1.82, 2.24) is 10.3 Å². The van der Waals surface area contributed by atoms with Crippen LogP contribution in [-0.4, -0.2) is 41.2 Å². The summed E-state index contributed by atoms with van der Waals surface area (Å²) in [5, 5.41) is 12.1. The van der Waals surface area contributed by atoms with Gasteiger partial charge in [-0.15, -0.1) is 0 Å². The number of rotatable bonds is 9. The second-order valence-electron chi connectivity index (χ2n) is 4.36. The van der Waals surface area contributed by atoms with Crippen molar-refractivity contribution in [3.8, 4) is 0 Å². The minimum absolute atomic E-state index is 0.0278. The molecule has 0 aliphatic carbocycles. The van der Waals surface area contributed by atoms with Crippen LogP contribution in [0.2, 0.25) is 0 Å². The third-order valence-electron chi connectivity index (χ3n) is 2.74. The van der Waals surface area contributed by atoms with E-state index in [1.54, 1.807) is 6.20 Å². The van der Waals surface area contributed by atoms with Crippen LogP contribution in [0.1, 0.15) is 18.5 Å². The highest BCUT2D eigenvalue weighted by Crippen LogP contribution is 2.00. The molecule has 0 saturated carbocycles. The van der Waals surface area contributed by atoms with Gasteiger partial charge in [-0.05, 0) is 25.0 Å². The molecule has 1 rings (SSSR count). The second kappa shape index (κ2) is 8.87. The molecule has 7 heteroatoms. The zero-order valence-electron chi connectivity index (χ0n) is 11.3. The van der Waals surface area contributed by atoms with Gasteiger partial charge in [0.2, 0.25) is 0 Å². The highest BCUT2D eigenvalue weighted by atomic mass is 16.4. The molecular formula is C13H21N5O2. The number of pyridine rings is 1. The molecular weight excluding hydrogens is 258 g/mol. The molecule has 20 heavy (non-hydrogen) atoms. The van der Waals surface area contributed by atoms with E-state index in [-0.39, 0.29) is 5.96 Å². The molecule has 1 aromatic heterocycles. The Bertz CT molecular complexity index is 432. The number of nitrogens with zero attached hydrogens (tertiary/aromatic N) is 2. The maximum absolute atomic E-state index is 11.1. The first-order valence-electron chi connectivity index (χ1n) is 6.51. The predicted octanol–water partition coefficient (Wildman–Crippen LogP) is -0.279. The summed E-state index contributed by atoms with van der Waals surface area (Å²) in [6.07, 6.45) is 3.51. The van der Waals surface area contributed by atoms with Crippen molar-refractivity contribution in [3.05, 3.63) is 30.1 Å². The number of hydrogen-bond donors (Lipinski definition) is 4. The minimum atomic E-state index is -0.865. The van der Waals surface area contributed by atoms with Gasteiger partial charge in [0.15, 0.2) is 5.96 Å². The third kappa shape index (κ3) is 6.69. The van der Waals surface area contributed by atoms with E-state index >= 15 is 0 Å². The Morgan fingerprint density at radius 3 is 2.85 bits per heavy atom. The Kier molecular flexibility index (Phi) is 7.05. The van der Waals surface area contributed by atoms with Crippen molar-refractivity contribution >= 4 is 11.9 Å². The minimum Gasteiger partial charge on any atom is -0.480 e. The van der Waals surface area contributed by atoms with Crippen LogP contribution in [0.5, 0.6) is 0 Å². The van der Waals surface area contributed by atoms with E-state index in [1.165, 1.54) is 0 Å². The van der Waals surface area contributed by atoms with Gasteiger partial charge in [-0.25, -0.2) is 0 Å². The standard InChI is InChI=1S/C13H21N5O2/c14-13(15)18-8-3-5-11(12(19)20)17-9-6-10-4-1-2-7-16-10/h1-2,4,7,11,17H,3,5-6,8-9H2,(H,19,20)(H4,14,15,18)/t11-/m0/s1. The van der Waals surface area contributed by atoms with Crippen molar-refractivity contribution < 1.29 is 9.90 Å². The summed E-state index contributed by atoms with van der Waals surface area (Å²) >= 11 is 0. The molecule has 1 heterocycles. The molecule has 0 aromatic carbocycles. The van der Waals surface area contributed by atoms with Gasteiger partial charge in [0.05, 0.1) is 0 Å². The fourth-order valence-electron chi connectivity index (χ4n) is 1.74. The smallest absolute Gasteiger partial charge is 0.320 e. The second-order valence-corrected chi connectivity index (χ2v) is 4.36. The average molecular weight is 279 g/mol. The lowest BCUT2D eigenvalue weighted by Crippen LogP contribution is -2.38. The van der Waals surface area contributed by atoms with E-state index in [2.05, 4.69) is 15.3 Å². The summed E-state index contributed by atoms with van der Waals surface area (Å²) in [5.41, 5.74) is 11.3. The molecule has 0 saturated heterocycles. The van der Waals surface area contributed by atoms with Crippen molar-refractivity contribution in [2.24, 2.45) is 16.5 Å². The van der Waals surface area contributed by atoms with Crippen LogP contribution < -0.4 is 16.8 Å². The molecule has 0 bridgehead atoms. The lowest BCUT2D eigenvalue weighted by Gasteiger charge is -2.13. The average Bonchev–Trinajstić information content (AvgIpc) is 2.42. The Labute approximate surface area is 118 Å². The van der Waals surface area contributed by atoms with E-state index in [0.29, 0.717) is 32.4 Å². The topological polar surface area (TPSA) is 127 Å². The Hall–Kier alpha value is -2.15. The van der Waals surface area contributed by atoms with Gasteiger partial charge in [0, 0.05) is 31.4 Å². The monoisotopic (exact) mass is 279 g/mol. The van der Waals surface area contributed by atoms with E-state index in [4.69, 9.17) is 16.6 Å². The number of aromatic nitrogens is 1. The Morgan fingerprint density at radius 1 is 1.45 bits per heavy atom. The zero-order valence-corrected chi connectivity index (χ0v) is 11.3. The van der Waals surface area contributed by atoms with Crippen LogP contribution in [0.3, 0.4) is 0 Å². The molecule has 0 radical (unpaired) electrons. The molecule has 0 spiro atoms. The molecule has 6 N–H and O–H groups in total. The van der Waals surface area contributed by atoms with Crippen LogP contribution in [-0.2, 0) is 11.2 Å². The number of nitrogens with one attached hydrogen (secondary N) is 1. The molecule has 0 aliphatic heterocycles. The SMILES string of the molecule is NC(N)=NCCC[C@H](NCCc1ccccn1)C(=O)O. The number of hydrogen-bond acceptors (Lipinski definition) is 4. The van der Waals surface area contributed by atoms with Gasteiger partial charge in [-0.3, -0.25) is 14.8 Å². The zero-order chi connectivity index (χ0) is 14.8. The number of carboxylic acids is 1. The number of carboxylic acid groups (broad SMARTS) is 1. The van der Waals surface area contributed by atoms with Crippen molar-refractivity contribution in [2.75, 3.05) is 13.1 Å². The summed E-state index contributed by atoms with van der Waals surface area (Å²) < 4.78 is 0. The quantitative estimate of drug-likeness (QED) is 0.280. The van der Waals surface area contributed by atoms with Crippen molar-refractivity contribution in [1.29, 1.82) is 0 Å². The first-order valence-corrected chi connectivity index (χ1v) is 6.51. The van der Waals surface area contributed by atoms with Crippen molar-refractivity contribution in [2.45, 2.75) is 25.3 Å². The fourth-order valence-corrected chi connectivity index (χ4v) is 1.74. The molecule has 0 amide bonds. The molecule has 0 unspecified atom stereocenters. The van der Waals surface area contributed by atoms with E-state index in [1.807, 2.05) is 18.2 Å². The first-order chi connectivity index (χ1) is 9.59. The lowest BCUT2D eigenvalue weighted by molar-refractivity contribution is -0.139. The van der Waals surface area contributed by atoms with E-state index in [9.17, 15) is 4.79 Å². The van der Waals surface area contributed by atoms with E-state index < -0.39 is 12.0 Å². The normalized spacial score (nSPS) is 11.8. The van der Waals surface area contributed by atoms with Gasteiger partial charge in [0.1, 0.15) is 6.04 Å². The fraction of sp³-hybridized carbons (Fsp3) is 0.462. The largest absolute Gasteiger partial charge is 0.480 e. The Morgan fingerprint density at radius 2 is 2.25 bits per heavy atom. The maximum atomic E-state index is 11.1. The molecule has 0 fully saturated rings. The number of aliphatic imine (C=N–C) groups is 1. The lowest BCUT2D eigenvalue weighted by atomic mass is 10.1. The van der Waals surface area contributed by atoms with Gasteiger partial charge in [-0.1, -0.05) is 6.07 Å². The summed E-state index contributed by atoms with van der Waals surface area (Å²) in [6.45, 7) is 1.00. The maximum Gasteiger partial charge on any atom is 0.320 e. The summed E-state index contributed by atoms with van der Waals surface area (Å²) in [5.74, 6) is -0.837. The number of nitrogens with two attached hydrogens (primary N) is 2. The van der Waals surface area contributed by atoms with Crippen molar-refractivity contribution in [3.63, 3.8) is 0 Å². The van der Waals surface area contributed by atoms with Crippen LogP contribution in [0.4, 0.5) is 0 Å². The molecule has 1 atom stereocenters. The highest BCUT2D eigenvalue weighted by Gasteiger charge is 2.15. The van der Waals surface area contributed by atoms with Gasteiger partial charge >= 0.3 is 5.97 Å². The van der Waals surface area contributed by atoms with Gasteiger partial charge in [0.25, 0.3) is 0 Å². The van der Waals surface area contributed by atoms with Crippen LogP contribution in [0.25, 0.3) is 0 Å². The Balaban J connectivity index is 2.28. The molecule has 110 valence electrons. The van der Waals surface area contributed by atoms with Gasteiger partial charge in [-0.2, -0.15) is 0 Å². The van der Waals surface area contributed by atoms with Crippen LogP contribution >= 0.6 is 0 Å². The molecule has 0 aliphatic rings. The summed E-state index contributed by atoms with van der Waals surface area (Å²) in [4.78, 5) is 19.1.